The predicted octanol–water partition coefficient (Wildman–Crippen LogP) is 0.859. The van der Waals surface area contributed by atoms with E-state index in [0.717, 1.165) is 16.2 Å². The van der Waals surface area contributed by atoms with E-state index in [9.17, 15) is 14.9 Å². The fourth-order valence-electron chi connectivity index (χ4n) is 2.57. The molecule has 3 rings (SSSR count). The second-order valence-electron chi connectivity index (χ2n) is 5.37. The van der Waals surface area contributed by atoms with Crippen molar-refractivity contribution in [2.45, 2.75) is 30.5 Å². The number of nitro groups is 1. The Morgan fingerprint density at radius 1 is 1.38 bits per heavy atom. The van der Waals surface area contributed by atoms with Crippen LogP contribution in [0.1, 0.15) is 19.1 Å². The number of para-hydroxylation sites is 1. The summed E-state index contributed by atoms with van der Waals surface area (Å²) in [7, 11) is 0. The zero-order chi connectivity index (χ0) is 17.1. The van der Waals surface area contributed by atoms with Gasteiger partial charge in [0.2, 0.25) is 0 Å². The number of hydrogen-bond donors (Lipinski definition) is 1. The van der Waals surface area contributed by atoms with Gasteiger partial charge in [0.25, 0.3) is 0 Å². The zero-order valence-electron chi connectivity index (χ0n) is 12.7. The average molecular weight is 395 g/mol. The molecule has 126 valence electrons. The molecule has 2 aromatic rings. The molecule has 1 fully saturated rings. The Hall–Kier alpha value is -2.22. The van der Waals surface area contributed by atoms with Gasteiger partial charge in [-0.15, -0.1) is 0 Å². The predicted molar refractivity (Wildman–Crippen MR) is 89.3 cm³/mol. The molecule has 0 spiro atoms. The molecular weight excluding hydrogens is 379 g/mol. The van der Waals surface area contributed by atoms with Gasteiger partial charge in [0.05, 0.1) is 0 Å². The van der Waals surface area contributed by atoms with Gasteiger partial charge in [0, 0.05) is 0 Å². The molecule has 0 aliphatic carbocycles. The van der Waals surface area contributed by atoms with Crippen molar-refractivity contribution in [3.05, 3.63) is 57.1 Å². The van der Waals surface area contributed by atoms with Crippen LogP contribution < -0.4 is 15.9 Å². The van der Waals surface area contributed by atoms with Gasteiger partial charge in [0.15, 0.2) is 0 Å². The number of ether oxygens (including phenoxy) is 1. The summed E-state index contributed by atoms with van der Waals surface area (Å²) in [4.78, 5) is 26.3. The molecule has 24 heavy (non-hydrogen) atoms. The Morgan fingerprint density at radius 2 is 2.17 bits per heavy atom. The summed E-state index contributed by atoms with van der Waals surface area (Å²) >= 11 is -0.0620. The fraction of sp³-hybridized carbons (Fsp3) is 0.333. The summed E-state index contributed by atoms with van der Waals surface area (Å²) in [6.45, 7) is 0. The monoisotopic (exact) mass is 396 g/mol. The first-order valence-corrected chi connectivity index (χ1v) is 9.47. The van der Waals surface area contributed by atoms with Crippen molar-refractivity contribution in [1.82, 2.24) is 9.55 Å². The molecule has 1 aliphatic rings. The summed E-state index contributed by atoms with van der Waals surface area (Å²) in [5.74, 6) is 0.186. The first kappa shape index (κ1) is 16.6. The van der Waals surface area contributed by atoms with Crippen molar-refractivity contribution in [2.75, 3.05) is 5.73 Å². The summed E-state index contributed by atoms with van der Waals surface area (Å²) < 4.78 is 8.11. The molecule has 1 aromatic heterocycles. The van der Waals surface area contributed by atoms with Gasteiger partial charge in [-0.25, -0.2) is 0 Å². The summed E-state index contributed by atoms with van der Waals surface area (Å²) in [5, 5.41) is 11.8. The van der Waals surface area contributed by atoms with E-state index in [1.165, 1.54) is 10.6 Å². The Labute approximate surface area is 144 Å². The minimum atomic E-state index is -0.426. The molecule has 0 amide bonds. The van der Waals surface area contributed by atoms with Crippen LogP contribution in [0.5, 0.6) is 0 Å². The van der Waals surface area contributed by atoms with Crippen LogP contribution in [0.4, 0.5) is 11.5 Å². The molecule has 0 saturated carbocycles. The minimum absolute atomic E-state index is 0.0146. The van der Waals surface area contributed by atoms with Gasteiger partial charge in [-0.05, 0) is 0 Å². The zero-order valence-corrected chi connectivity index (χ0v) is 14.4. The van der Waals surface area contributed by atoms with Crippen molar-refractivity contribution in [2.24, 2.45) is 0 Å². The van der Waals surface area contributed by atoms with Crippen molar-refractivity contribution >= 4 is 30.9 Å². The third kappa shape index (κ3) is 3.64. The summed E-state index contributed by atoms with van der Waals surface area (Å²) in [6, 6.07) is 8.35. The SMILES string of the molecule is Nc1ccn([C@H]2CC[C@@H](C[Se]c3ccccc3[N+](=O)[O-])O2)c(=O)n1. The molecule has 2 N–H and O–H groups in total. The van der Waals surface area contributed by atoms with E-state index in [1.54, 1.807) is 24.4 Å². The number of aromatic nitrogens is 2. The van der Waals surface area contributed by atoms with Gasteiger partial charge in [-0.1, -0.05) is 0 Å². The average Bonchev–Trinajstić information content (AvgIpc) is 3.01. The molecule has 1 aromatic carbocycles. The molecule has 2 heterocycles. The number of anilines is 1. The van der Waals surface area contributed by atoms with Crippen LogP contribution in [-0.2, 0) is 4.74 Å². The summed E-state index contributed by atoms with van der Waals surface area (Å²) in [5.41, 5.74) is 5.22. The van der Waals surface area contributed by atoms with E-state index < -0.39 is 5.69 Å². The van der Waals surface area contributed by atoms with Crippen LogP contribution >= 0.6 is 0 Å². The normalized spacial score (nSPS) is 20.2. The Morgan fingerprint density at radius 3 is 2.92 bits per heavy atom. The van der Waals surface area contributed by atoms with Crippen molar-refractivity contribution < 1.29 is 9.66 Å². The van der Waals surface area contributed by atoms with Crippen LogP contribution in [0.3, 0.4) is 0 Å². The van der Waals surface area contributed by atoms with E-state index in [2.05, 4.69) is 4.98 Å². The molecular formula is C15H16N4O4Se. The van der Waals surface area contributed by atoms with Crippen LogP contribution in [-0.4, -0.2) is 35.5 Å². The second kappa shape index (κ2) is 7.12. The number of rotatable bonds is 5. The number of nitrogens with zero attached hydrogens (tertiary/aromatic N) is 3. The molecule has 2 atom stereocenters. The number of nitrogens with two attached hydrogens (primary N) is 1. The number of nitrogen functional groups attached to an aromatic ring is 1. The fourth-order valence-corrected chi connectivity index (χ4v) is 4.83. The number of benzene rings is 1. The molecule has 0 bridgehead atoms. The Bertz CT molecular complexity index is 810. The second-order valence-corrected chi connectivity index (χ2v) is 7.60. The van der Waals surface area contributed by atoms with Gasteiger partial charge in [-0.2, -0.15) is 0 Å². The maximum atomic E-state index is 11.9. The van der Waals surface area contributed by atoms with Crippen LogP contribution in [0, 0.1) is 10.1 Å². The molecule has 8 nitrogen and oxygen atoms in total. The molecule has 0 radical (unpaired) electrons. The Kier molecular flexibility index (Phi) is 4.94. The van der Waals surface area contributed by atoms with Gasteiger partial charge < -0.3 is 0 Å². The Balaban J connectivity index is 1.63. The summed E-state index contributed by atoms with van der Waals surface area (Å²) in [6.07, 6.45) is 2.74. The van der Waals surface area contributed by atoms with Crippen molar-refractivity contribution in [1.29, 1.82) is 0 Å². The third-order valence-electron chi connectivity index (χ3n) is 3.73. The van der Waals surface area contributed by atoms with E-state index in [-0.39, 0.29) is 43.7 Å². The molecule has 1 aliphatic heterocycles. The quantitative estimate of drug-likeness (QED) is 0.456. The van der Waals surface area contributed by atoms with Crippen molar-refractivity contribution in [3.63, 3.8) is 0 Å². The van der Waals surface area contributed by atoms with E-state index in [0.29, 0.717) is 6.42 Å². The van der Waals surface area contributed by atoms with E-state index in [4.69, 9.17) is 10.5 Å². The van der Waals surface area contributed by atoms with Gasteiger partial charge in [0.1, 0.15) is 0 Å². The topological polar surface area (TPSA) is 113 Å². The standard InChI is InChI=1S/C15H16N4O4Se/c16-13-7-8-18(15(20)17-13)14-6-5-10(23-14)9-24-12-4-2-1-3-11(12)19(21)22/h1-4,7-8,10,14H,5-6,9H2,(H2,16,17,20)/t10-,14+/m0/s1. The van der Waals surface area contributed by atoms with Crippen LogP contribution in [0.15, 0.2) is 41.3 Å². The number of nitro benzene ring substituents is 1. The third-order valence-corrected chi connectivity index (χ3v) is 6.24. The van der Waals surface area contributed by atoms with Gasteiger partial charge >= 0.3 is 143 Å². The maximum absolute atomic E-state index is 11.9. The molecule has 1 saturated heterocycles. The van der Waals surface area contributed by atoms with Gasteiger partial charge in [-0.3, -0.25) is 0 Å². The molecule has 0 unspecified atom stereocenters. The van der Waals surface area contributed by atoms with E-state index >= 15 is 0 Å². The number of hydrogen-bond acceptors (Lipinski definition) is 6. The van der Waals surface area contributed by atoms with Crippen molar-refractivity contribution in [3.8, 4) is 0 Å². The first-order chi connectivity index (χ1) is 11.5. The van der Waals surface area contributed by atoms with E-state index in [1.807, 2.05) is 6.07 Å². The molecule has 9 heteroatoms. The van der Waals surface area contributed by atoms with Crippen LogP contribution in [0.25, 0.3) is 0 Å². The van der Waals surface area contributed by atoms with Crippen LogP contribution in [0.2, 0.25) is 5.32 Å². The first-order valence-electron chi connectivity index (χ1n) is 7.41.